The number of fused-ring (bicyclic) bond motifs is 1. The van der Waals surface area contributed by atoms with Crippen molar-refractivity contribution in [2.24, 2.45) is 0 Å². The zero-order valence-electron chi connectivity index (χ0n) is 17.1. The van der Waals surface area contributed by atoms with E-state index in [4.69, 9.17) is 0 Å². The number of carbonyl (C=O) groups is 2. The molecule has 0 aliphatic rings. The summed E-state index contributed by atoms with van der Waals surface area (Å²) < 4.78 is 2.22. The van der Waals surface area contributed by atoms with Gasteiger partial charge in [-0.15, -0.1) is 11.3 Å². The number of nitrogens with zero attached hydrogens (tertiary/aromatic N) is 1. The van der Waals surface area contributed by atoms with Crippen LogP contribution < -0.4 is 10.6 Å². The quantitative estimate of drug-likeness (QED) is 0.350. The highest BCUT2D eigenvalue weighted by Crippen LogP contribution is 2.31. The topological polar surface area (TPSA) is 71.1 Å². The predicted molar refractivity (Wildman–Crippen MR) is 129 cm³/mol. The average molecular weight is 448 g/mol. The van der Waals surface area contributed by atoms with Gasteiger partial charge in [0.1, 0.15) is 0 Å². The van der Waals surface area contributed by atoms with Crippen molar-refractivity contribution < 1.29 is 9.59 Å². The molecule has 1 aromatic heterocycles. The Hall–Kier alpha value is -3.16. The maximum atomic E-state index is 12.7. The number of rotatable bonds is 6. The molecule has 1 heterocycles. The average Bonchev–Trinajstić information content (AvgIpc) is 3.17. The Morgan fingerprint density at radius 2 is 1.74 bits per heavy atom. The number of thioether (sulfide) groups is 1. The molecule has 7 heteroatoms. The number of aromatic nitrogens is 1. The minimum Gasteiger partial charge on any atom is -0.325 e. The summed E-state index contributed by atoms with van der Waals surface area (Å²) in [5.74, 6) is 0.378. The predicted octanol–water partition coefficient (Wildman–Crippen LogP) is 6.11. The third kappa shape index (κ3) is 5.31. The second-order valence-corrected chi connectivity index (χ2v) is 9.37. The SMILES string of the molecule is CC(=O)Nc1ccc(C)cc1NC(=O)c1ccc(CSc2nc3ccccc3s2)cc1. The molecule has 5 nitrogen and oxygen atoms in total. The van der Waals surface area contributed by atoms with Gasteiger partial charge in [0, 0.05) is 18.2 Å². The van der Waals surface area contributed by atoms with Crippen LogP contribution in [0.4, 0.5) is 11.4 Å². The lowest BCUT2D eigenvalue weighted by atomic mass is 10.1. The number of amides is 2. The van der Waals surface area contributed by atoms with Crippen LogP contribution in [0.5, 0.6) is 0 Å². The molecule has 0 aliphatic heterocycles. The first-order valence-corrected chi connectivity index (χ1v) is 11.5. The third-order valence-corrected chi connectivity index (χ3v) is 6.84. The molecular weight excluding hydrogens is 426 g/mol. The van der Waals surface area contributed by atoms with E-state index in [-0.39, 0.29) is 11.8 Å². The molecule has 4 rings (SSSR count). The highest BCUT2D eigenvalue weighted by atomic mass is 32.2. The van der Waals surface area contributed by atoms with Gasteiger partial charge in [-0.25, -0.2) is 4.98 Å². The minimum absolute atomic E-state index is 0.186. The number of nitrogens with one attached hydrogen (secondary N) is 2. The Bertz CT molecular complexity index is 1220. The lowest BCUT2D eigenvalue weighted by Crippen LogP contribution is -2.15. The fourth-order valence-electron chi connectivity index (χ4n) is 3.06. The van der Waals surface area contributed by atoms with Gasteiger partial charge in [-0.05, 0) is 54.4 Å². The van der Waals surface area contributed by atoms with E-state index in [1.54, 1.807) is 29.2 Å². The van der Waals surface area contributed by atoms with Crippen molar-refractivity contribution in [3.63, 3.8) is 0 Å². The summed E-state index contributed by atoms with van der Waals surface area (Å²) in [6.07, 6.45) is 0. The van der Waals surface area contributed by atoms with Crippen LogP contribution in [-0.4, -0.2) is 16.8 Å². The van der Waals surface area contributed by atoms with E-state index in [0.29, 0.717) is 16.9 Å². The van der Waals surface area contributed by atoms with Gasteiger partial charge < -0.3 is 10.6 Å². The number of thiazole rings is 1. The number of para-hydroxylation sites is 1. The summed E-state index contributed by atoms with van der Waals surface area (Å²) in [7, 11) is 0. The number of carbonyl (C=O) groups excluding carboxylic acids is 2. The molecule has 0 unspecified atom stereocenters. The van der Waals surface area contributed by atoms with Crippen molar-refractivity contribution in [2.75, 3.05) is 10.6 Å². The molecule has 0 atom stereocenters. The molecule has 0 saturated carbocycles. The third-order valence-electron chi connectivity index (χ3n) is 4.59. The Kier molecular flexibility index (Phi) is 6.34. The molecule has 0 spiro atoms. The molecule has 31 heavy (non-hydrogen) atoms. The van der Waals surface area contributed by atoms with E-state index in [1.807, 2.05) is 61.5 Å². The van der Waals surface area contributed by atoms with E-state index < -0.39 is 0 Å². The van der Waals surface area contributed by atoms with Crippen molar-refractivity contribution in [3.05, 3.63) is 83.4 Å². The molecule has 2 N–H and O–H groups in total. The van der Waals surface area contributed by atoms with E-state index in [0.717, 1.165) is 26.7 Å². The summed E-state index contributed by atoms with van der Waals surface area (Å²) in [5, 5.41) is 5.65. The zero-order valence-corrected chi connectivity index (χ0v) is 18.8. The highest BCUT2D eigenvalue weighted by molar-refractivity contribution is 8.00. The smallest absolute Gasteiger partial charge is 0.255 e. The van der Waals surface area contributed by atoms with Crippen molar-refractivity contribution >= 4 is 56.5 Å². The van der Waals surface area contributed by atoms with Crippen LogP contribution in [0.3, 0.4) is 0 Å². The normalized spacial score (nSPS) is 10.8. The van der Waals surface area contributed by atoms with Crippen molar-refractivity contribution in [1.29, 1.82) is 0 Å². The molecule has 0 radical (unpaired) electrons. The van der Waals surface area contributed by atoms with Crippen molar-refractivity contribution in [1.82, 2.24) is 4.98 Å². The lowest BCUT2D eigenvalue weighted by molar-refractivity contribution is -0.114. The highest BCUT2D eigenvalue weighted by Gasteiger charge is 2.11. The molecular formula is C24H21N3O2S2. The molecule has 156 valence electrons. The van der Waals surface area contributed by atoms with Crippen LogP contribution in [0.2, 0.25) is 0 Å². The fraction of sp³-hybridized carbons (Fsp3) is 0.125. The number of aryl methyl sites for hydroxylation is 1. The van der Waals surface area contributed by atoms with Crippen LogP contribution in [0, 0.1) is 6.92 Å². The number of anilines is 2. The Morgan fingerprint density at radius 1 is 0.968 bits per heavy atom. The van der Waals surface area contributed by atoms with E-state index in [1.165, 1.54) is 11.6 Å². The monoisotopic (exact) mass is 447 g/mol. The molecule has 0 aliphatic carbocycles. The van der Waals surface area contributed by atoms with Gasteiger partial charge in [-0.3, -0.25) is 9.59 Å². The van der Waals surface area contributed by atoms with Crippen molar-refractivity contribution in [2.45, 2.75) is 23.9 Å². The van der Waals surface area contributed by atoms with Crippen LogP contribution >= 0.6 is 23.1 Å². The molecule has 2 amide bonds. The molecule has 0 fully saturated rings. The number of hydrogen-bond donors (Lipinski definition) is 2. The van der Waals surface area contributed by atoms with Crippen molar-refractivity contribution in [3.8, 4) is 0 Å². The number of benzene rings is 3. The van der Waals surface area contributed by atoms with Gasteiger partial charge in [0.2, 0.25) is 5.91 Å². The van der Waals surface area contributed by atoms with Crippen LogP contribution in [0.25, 0.3) is 10.2 Å². The van der Waals surface area contributed by atoms with Gasteiger partial charge >= 0.3 is 0 Å². The first kappa shape index (κ1) is 21.1. The summed E-state index contributed by atoms with van der Waals surface area (Å²) in [4.78, 5) is 28.8. The van der Waals surface area contributed by atoms with Crippen LogP contribution in [0.15, 0.2) is 71.1 Å². The molecule has 3 aromatic carbocycles. The second kappa shape index (κ2) is 9.32. The van der Waals surface area contributed by atoms with Gasteiger partial charge in [0.15, 0.2) is 4.34 Å². The van der Waals surface area contributed by atoms with Gasteiger partial charge in [0.25, 0.3) is 5.91 Å². The van der Waals surface area contributed by atoms with Gasteiger partial charge in [-0.2, -0.15) is 0 Å². The Balaban J connectivity index is 1.41. The molecule has 4 aromatic rings. The molecule has 0 bridgehead atoms. The first-order chi connectivity index (χ1) is 15.0. The van der Waals surface area contributed by atoms with E-state index in [2.05, 4.69) is 21.7 Å². The standard InChI is InChI=1S/C24H21N3O2S2/c1-15-7-12-19(25-16(2)28)21(13-15)26-23(29)18-10-8-17(9-11-18)14-30-24-27-20-5-3-4-6-22(20)31-24/h3-13H,14H2,1-2H3,(H,25,28)(H,26,29). The lowest BCUT2D eigenvalue weighted by Gasteiger charge is -2.12. The van der Waals surface area contributed by atoms with E-state index >= 15 is 0 Å². The van der Waals surface area contributed by atoms with E-state index in [9.17, 15) is 9.59 Å². The maximum Gasteiger partial charge on any atom is 0.255 e. The zero-order chi connectivity index (χ0) is 21.8. The number of hydrogen-bond acceptors (Lipinski definition) is 5. The molecule has 0 saturated heterocycles. The first-order valence-electron chi connectivity index (χ1n) is 9.75. The van der Waals surface area contributed by atoms with Gasteiger partial charge in [-0.1, -0.05) is 42.1 Å². The largest absolute Gasteiger partial charge is 0.325 e. The summed E-state index contributed by atoms with van der Waals surface area (Å²) in [6.45, 7) is 3.38. The second-order valence-electron chi connectivity index (χ2n) is 7.12. The Morgan fingerprint density at radius 3 is 2.48 bits per heavy atom. The summed E-state index contributed by atoms with van der Waals surface area (Å²) in [5.41, 5.74) is 4.86. The fourth-order valence-corrected chi connectivity index (χ4v) is 5.09. The summed E-state index contributed by atoms with van der Waals surface area (Å²) >= 11 is 3.38. The Labute approximate surface area is 188 Å². The van der Waals surface area contributed by atoms with Crippen LogP contribution in [-0.2, 0) is 10.5 Å². The maximum absolute atomic E-state index is 12.7. The van der Waals surface area contributed by atoms with Crippen LogP contribution in [0.1, 0.15) is 28.4 Å². The van der Waals surface area contributed by atoms with Gasteiger partial charge in [0.05, 0.1) is 21.6 Å². The minimum atomic E-state index is -0.220. The summed E-state index contributed by atoms with van der Waals surface area (Å²) in [6, 6.07) is 21.2.